The number of carbonyl (C=O) groups is 2. The van der Waals surface area contributed by atoms with Crippen LogP contribution >= 0.6 is 11.3 Å². The van der Waals surface area contributed by atoms with Crippen molar-refractivity contribution in [2.45, 2.75) is 51.8 Å². The van der Waals surface area contributed by atoms with Gasteiger partial charge in [-0.05, 0) is 56.4 Å². The Morgan fingerprint density at radius 2 is 1.98 bits per heavy atom. The molecule has 2 aliphatic rings. The van der Waals surface area contributed by atoms with Gasteiger partial charge in [0.15, 0.2) is 5.65 Å². The molecule has 0 saturated carbocycles. The molecule has 4 aromatic rings. The summed E-state index contributed by atoms with van der Waals surface area (Å²) in [5.41, 5.74) is 9.96. The number of hydrogen-bond acceptors (Lipinski definition) is 9. The molecule has 0 unspecified atom stereocenters. The van der Waals surface area contributed by atoms with Gasteiger partial charge in [0, 0.05) is 50.1 Å². The van der Waals surface area contributed by atoms with Gasteiger partial charge in [-0.25, -0.2) is 14.5 Å². The highest BCUT2D eigenvalue weighted by Crippen LogP contribution is 2.36. The number of rotatable bonds is 11. The second-order valence-corrected chi connectivity index (χ2v) is 12.2. The zero-order valence-electron chi connectivity index (χ0n) is 25.1. The summed E-state index contributed by atoms with van der Waals surface area (Å²) >= 11 is 1.62. The van der Waals surface area contributed by atoms with Crippen molar-refractivity contribution >= 4 is 34.6 Å². The van der Waals surface area contributed by atoms with E-state index >= 15 is 0 Å². The van der Waals surface area contributed by atoms with E-state index in [1.807, 2.05) is 39.6 Å². The number of pyridine rings is 1. The number of thiophene rings is 1. The first kappa shape index (κ1) is 29.2. The van der Waals surface area contributed by atoms with Crippen molar-refractivity contribution in [1.29, 1.82) is 0 Å². The average molecular weight is 603 g/mol. The fraction of sp³-hybridized carbons (Fsp3) is 0.452. The van der Waals surface area contributed by atoms with Crippen molar-refractivity contribution in [2.75, 3.05) is 44.7 Å². The monoisotopic (exact) mass is 602 g/mol. The second-order valence-electron chi connectivity index (χ2n) is 11.2. The third-order valence-electron chi connectivity index (χ3n) is 8.79. The molecule has 6 heterocycles. The van der Waals surface area contributed by atoms with Gasteiger partial charge in [0.25, 0.3) is 0 Å². The molecule has 2 atom stereocenters. The number of amides is 2. The van der Waals surface area contributed by atoms with Crippen LogP contribution in [-0.2, 0) is 16.0 Å². The maximum atomic E-state index is 13.5. The van der Waals surface area contributed by atoms with Gasteiger partial charge in [0.1, 0.15) is 11.9 Å². The van der Waals surface area contributed by atoms with Crippen LogP contribution in [0, 0.1) is 0 Å². The second kappa shape index (κ2) is 12.0. The summed E-state index contributed by atoms with van der Waals surface area (Å²) in [4.78, 5) is 43.9. The molecule has 0 aliphatic carbocycles. The lowest BCUT2D eigenvalue weighted by atomic mass is 9.93. The van der Waals surface area contributed by atoms with Gasteiger partial charge in [0.2, 0.25) is 11.8 Å². The lowest BCUT2D eigenvalue weighted by Gasteiger charge is -2.47. The molecule has 226 valence electrons. The van der Waals surface area contributed by atoms with E-state index < -0.39 is 5.91 Å². The molecule has 0 radical (unpaired) electrons. The normalized spacial score (nSPS) is 17.7. The van der Waals surface area contributed by atoms with Crippen molar-refractivity contribution in [3.63, 3.8) is 0 Å². The number of fused-ring (bicyclic) bond motifs is 1. The van der Waals surface area contributed by atoms with Crippen molar-refractivity contribution in [2.24, 2.45) is 5.73 Å². The third-order valence-corrected chi connectivity index (χ3v) is 9.68. The topological polar surface area (TPSA) is 122 Å². The van der Waals surface area contributed by atoms with Gasteiger partial charge in [-0.3, -0.25) is 9.59 Å². The van der Waals surface area contributed by atoms with Crippen molar-refractivity contribution < 1.29 is 14.3 Å². The molecule has 0 aromatic carbocycles. The first-order valence-corrected chi connectivity index (χ1v) is 15.7. The van der Waals surface area contributed by atoms with E-state index in [2.05, 4.69) is 30.8 Å². The Kier molecular flexibility index (Phi) is 8.17. The lowest BCUT2D eigenvalue weighted by Crippen LogP contribution is -2.64. The molecule has 6 rings (SSSR count). The summed E-state index contributed by atoms with van der Waals surface area (Å²) in [6.07, 6.45) is 4.97. The number of nitrogens with two attached hydrogens (primary N) is 1. The van der Waals surface area contributed by atoms with E-state index in [0.717, 1.165) is 35.6 Å². The Balaban J connectivity index is 1.45. The van der Waals surface area contributed by atoms with E-state index in [4.69, 9.17) is 20.4 Å². The van der Waals surface area contributed by atoms with Crippen molar-refractivity contribution in [3.8, 4) is 21.8 Å². The standard InChI is InChI=1S/C31H38N8O3S/c1-5-36(6-2)19(3)14-22-21(28(32)40)15-25(23-16-33-39-12-9-24(34-30(23)39)27-8-7-13-43-27)35-29(22)38-11-10-26(38)31(41)37-17-20(18-37)42-4/h7-9,12-13,15-16,19-20,26H,5-6,10-11,14,17-18H2,1-4H3,(H2,32,40)/t19-,26-/m0/s1. The fourth-order valence-electron chi connectivity index (χ4n) is 6.11. The third kappa shape index (κ3) is 5.39. The molecular weight excluding hydrogens is 564 g/mol. The fourth-order valence-corrected chi connectivity index (χ4v) is 6.81. The average Bonchev–Trinajstić information content (AvgIpc) is 3.63. The van der Waals surface area contributed by atoms with Gasteiger partial charge in [0.05, 0.1) is 34.1 Å². The van der Waals surface area contributed by atoms with Gasteiger partial charge < -0.3 is 25.2 Å². The molecule has 4 aromatic heterocycles. The summed E-state index contributed by atoms with van der Waals surface area (Å²) in [7, 11) is 1.67. The Labute approximate surface area is 255 Å². The minimum Gasteiger partial charge on any atom is -0.378 e. The molecule has 0 spiro atoms. The number of nitrogens with zero attached hydrogens (tertiary/aromatic N) is 7. The summed E-state index contributed by atoms with van der Waals surface area (Å²) in [5.74, 6) is 0.172. The number of carbonyl (C=O) groups excluding carboxylic acids is 2. The molecular formula is C31H38N8O3S. The van der Waals surface area contributed by atoms with E-state index in [-0.39, 0.29) is 24.1 Å². The minimum atomic E-state index is -0.524. The largest absolute Gasteiger partial charge is 0.378 e. The van der Waals surface area contributed by atoms with Gasteiger partial charge >= 0.3 is 0 Å². The quantitative estimate of drug-likeness (QED) is 0.278. The number of primary amides is 1. The van der Waals surface area contributed by atoms with E-state index in [9.17, 15) is 9.59 Å². The molecule has 12 heteroatoms. The Hall–Kier alpha value is -3.87. The Morgan fingerprint density at radius 1 is 1.19 bits per heavy atom. The first-order valence-electron chi connectivity index (χ1n) is 14.9. The van der Waals surface area contributed by atoms with Gasteiger partial charge in [-0.2, -0.15) is 5.10 Å². The van der Waals surface area contributed by atoms with Gasteiger partial charge in [-0.15, -0.1) is 11.3 Å². The first-order chi connectivity index (χ1) is 20.8. The predicted molar refractivity (Wildman–Crippen MR) is 167 cm³/mol. The number of aromatic nitrogens is 4. The van der Waals surface area contributed by atoms with Crippen LogP contribution in [0.4, 0.5) is 5.82 Å². The zero-order chi connectivity index (χ0) is 30.2. The van der Waals surface area contributed by atoms with E-state index in [1.54, 1.807) is 35.2 Å². The molecule has 11 nitrogen and oxygen atoms in total. The van der Waals surface area contributed by atoms with Crippen LogP contribution in [0.1, 0.15) is 43.1 Å². The number of ether oxygens (including phenoxy) is 1. The minimum absolute atomic E-state index is 0.0633. The highest BCUT2D eigenvalue weighted by Gasteiger charge is 2.43. The molecule has 2 fully saturated rings. The van der Waals surface area contributed by atoms with Crippen LogP contribution in [0.25, 0.3) is 27.5 Å². The highest BCUT2D eigenvalue weighted by molar-refractivity contribution is 7.13. The molecule has 2 N–H and O–H groups in total. The summed E-state index contributed by atoms with van der Waals surface area (Å²) in [6, 6.07) is 7.51. The maximum Gasteiger partial charge on any atom is 0.249 e. The van der Waals surface area contributed by atoms with Crippen molar-refractivity contribution in [3.05, 3.63) is 53.2 Å². The van der Waals surface area contributed by atoms with Gasteiger partial charge in [-0.1, -0.05) is 19.9 Å². The van der Waals surface area contributed by atoms with Crippen LogP contribution in [0.3, 0.4) is 0 Å². The number of methoxy groups -OCH3 is 1. The van der Waals surface area contributed by atoms with Crippen LogP contribution in [0.2, 0.25) is 0 Å². The highest BCUT2D eigenvalue weighted by atomic mass is 32.1. The Morgan fingerprint density at radius 3 is 2.60 bits per heavy atom. The summed E-state index contributed by atoms with van der Waals surface area (Å²) in [6.45, 7) is 10.0. The molecule has 2 saturated heterocycles. The van der Waals surface area contributed by atoms with Crippen LogP contribution in [0.5, 0.6) is 0 Å². The van der Waals surface area contributed by atoms with Crippen LogP contribution in [-0.4, -0.2) is 99.2 Å². The van der Waals surface area contributed by atoms with Crippen LogP contribution in [0.15, 0.2) is 42.0 Å². The number of likely N-dealkylation sites (tertiary alicyclic amines) is 1. The number of anilines is 1. The van der Waals surface area contributed by atoms with E-state index in [1.165, 1.54) is 0 Å². The van der Waals surface area contributed by atoms with E-state index in [0.29, 0.717) is 54.3 Å². The zero-order valence-corrected chi connectivity index (χ0v) is 25.9. The predicted octanol–water partition coefficient (Wildman–Crippen LogP) is 3.33. The molecule has 0 bridgehead atoms. The lowest BCUT2D eigenvalue weighted by molar-refractivity contribution is -0.145. The molecule has 2 aliphatic heterocycles. The number of hydrogen-bond donors (Lipinski definition) is 1. The maximum absolute atomic E-state index is 13.5. The smallest absolute Gasteiger partial charge is 0.249 e. The Bertz CT molecular complexity index is 1630. The SMILES string of the molecule is CCN(CC)[C@@H](C)Cc1c(C(N)=O)cc(-c2cnn3ccc(-c4cccs4)nc23)nc1N1CC[C@H]1C(=O)N1CC(OC)C1. The molecule has 2 amide bonds. The number of likely N-dealkylation sites (N-methyl/N-ethyl adjacent to an activating group) is 1. The summed E-state index contributed by atoms with van der Waals surface area (Å²) < 4.78 is 7.10. The van der Waals surface area contributed by atoms with Crippen molar-refractivity contribution in [1.82, 2.24) is 29.4 Å². The van der Waals surface area contributed by atoms with Crippen LogP contribution < -0.4 is 10.6 Å². The molecule has 43 heavy (non-hydrogen) atoms. The summed E-state index contributed by atoms with van der Waals surface area (Å²) in [5, 5.41) is 6.54.